The van der Waals surface area contributed by atoms with Crippen molar-refractivity contribution < 1.29 is 4.79 Å². The van der Waals surface area contributed by atoms with Crippen LogP contribution in [0.15, 0.2) is 72.8 Å². The lowest BCUT2D eigenvalue weighted by Gasteiger charge is -2.28. The van der Waals surface area contributed by atoms with E-state index in [1.54, 1.807) is 0 Å². The van der Waals surface area contributed by atoms with E-state index in [1.165, 1.54) is 11.1 Å². The van der Waals surface area contributed by atoms with E-state index in [1.807, 2.05) is 49.4 Å². The smallest absolute Gasteiger partial charge is 0.251 e. The van der Waals surface area contributed by atoms with Gasteiger partial charge in [0.25, 0.3) is 5.91 Å². The van der Waals surface area contributed by atoms with Crippen LogP contribution in [-0.4, -0.2) is 35.4 Å². The molecule has 172 valence electrons. The minimum Gasteiger partial charge on any atom is -0.355 e. The van der Waals surface area contributed by atoms with Crippen LogP contribution in [0.4, 0.5) is 11.4 Å². The van der Waals surface area contributed by atoms with Crippen LogP contribution >= 0.6 is 0 Å². The highest BCUT2D eigenvalue weighted by molar-refractivity contribution is 5.97. The van der Waals surface area contributed by atoms with Gasteiger partial charge < -0.3 is 10.6 Å². The van der Waals surface area contributed by atoms with Crippen LogP contribution in [0.3, 0.4) is 0 Å². The fourth-order valence-corrected chi connectivity index (χ4v) is 4.63. The number of pyridine rings is 1. The molecule has 2 N–H and O–H groups in total. The number of hydrogen-bond acceptors (Lipinski definition) is 4. The first-order valence-corrected chi connectivity index (χ1v) is 11.9. The highest BCUT2D eigenvalue weighted by Crippen LogP contribution is 2.28. The van der Waals surface area contributed by atoms with Crippen molar-refractivity contribution in [3.8, 4) is 0 Å². The summed E-state index contributed by atoms with van der Waals surface area (Å²) in [7, 11) is 0. The Labute approximate surface area is 200 Å². The van der Waals surface area contributed by atoms with Crippen molar-refractivity contribution in [3.63, 3.8) is 0 Å². The van der Waals surface area contributed by atoms with Gasteiger partial charge in [-0.2, -0.15) is 0 Å². The number of nitrogens with zero attached hydrogens (tertiary/aromatic N) is 2. The van der Waals surface area contributed by atoms with Gasteiger partial charge in [0.2, 0.25) is 0 Å². The number of rotatable bonds is 6. The first-order valence-electron chi connectivity index (χ1n) is 11.9. The van der Waals surface area contributed by atoms with Gasteiger partial charge in [-0.1, -0.05) is 48.5 Å². The third-order valence-corrected chi connectivity index (χ3v) is 6.54. The van der Waals surface area contributed by atoms with E-state index in [-0.39, 0.29) is 5.91 Å². The minimum absolute atomic E-state index is 0.0452. The van der Waals surface area contributed by atoms with Gasteiger partial charge in [-0.05, 0) is 61.2 Å². The van der Waals surface area contributed by atoms with Crippen LogP contribution in [0, 0.1) is 13.8 Å². The lowest BCUT2D eigenvalue weighted by molar-refractivity contribution is 0.0947. The fourth-order valence-electron chi connectivity index (χ4n) is 4.63. The molecular formula is C29H30N4O. The summed E-state index contributed by atoms with van der Waals surface area (Å²) < 4.78 is 0. The zero-order valence-corrected chi connectivity index (χ0v) is 19.8. The molecule has 1 aromatic heterocycles. The van der Waals surface area contributed by atoms with Crippen LogP contribution in [-0.2, 0) is 13.0 Å². The Bertz CT molecular complexity index is 1350. The highest BCUT2D eigenvalue weighted by Gasteiger charge is 2.16. The van der Waals surface area contributed by atoms with E-state index in [0.717, 1.165) is 59.6 Å². The predicted octanol–water partition coefficient (Wildman–Crippen LogP) is 5.38. The summed E-state index contributed by atoms with van der Waals surface area (Å²) in [4.78, 5) is 19.9. The summed E-state index contributed by atoms with van der Waals surface area (Å²) in [6.07, 6.45) is 1.07. The van der Waals surface area contributed by atoms with Gasteiger partial charge in [0.05, 0.1) is 5.52 Å². The van der Waals surface area contributed by atoms with Gasteiger partial charge in [-0.25, -0.2) is 0 Å². The Hall–Kier alpha value is -3.70. The van der Waals surface area contributed by atoms with Crippen molar-refractivity contribution in [1.82, 2.24) is 15.2 Å². The van der Waals surface area contributed by atoms with Gasteiger partial charge in [0.15, 0.2) is 0 Å². The van der Waals surface area contributed by atoms with Gasteiger partial charge in [-0.15, -0.1) is 0 Å². The molecule has 1 aliphatic rings. The number of nitrogens with one attached hydrogen (secondary N) is 2. The van der Waals surface area contributed by atoms with E-state index in [0.29, 0.717) is 12.1 Å². The molecule has 0 saturated carbocycles. The number of aromatic nitrogens is 1. The molecule has 1 aliphatic heterocycles. The molecule has 0 unspecified atom stereocenters. The van der Waals surface area contributed by atoms with Gasteiger partial charge in [0, 0.05) is 54.2 Å². The van der Waals surface area contributed by atoms with Crippen molar-refractivity contribution in [2.24, 2.45) is 0 Å². The Morgan fingerprint density at radius 3 is 2.62 bits per heavy atom. The molecule has 0 spiro atoms. The molecule has 0 fully saturated rings. The predicted molar refractivity (Wildman–Crippen MR) is 139 cm³/mol. The number of fused-ring (bicyclic) bond motifs is 2. The molecule has 0 bridgehead atoms. The molecule has 0 saturated heterocycles. The maximum Gasteiger partial charge on any atom is 0.251 e. The van der Waals surface area contributed by atoms with Crippen LogP contribution in [0.5, 0.6) is 0 Å². The molecular weight excluding hydrogens is 420 g/mol. The van der Waals surface area contributed by atoms with Gasteiger partial charge in [0.1, 0.15) is 0 Å². The third-order valence-electron chi connectivity index (χ3n) is 6.54. The molecule has 5 rings (SSSR count). The van der Waals surface area contributed by atoms with E-state index in [2.05, 4.69) is 57.8 Å². The number of benzene rings is 3. The second-order valence-corrected chi connectivity index (χ2v) is 9.03. The Balaban J connectivity index is 1.25. The summed E-state index contributed by atoms with van der Waals surface area (Å²) in [6, 6.07) is 24.6. The van der Waals surface area contributed by atoms with E-state index >= 15 is 0 Å². The number of carbonyl (C=O) groups excluding carboxylic acids is 1. The zero-order valence-electron chi connectivity index (χ0n) is 19.8. The average Bonchev–Trinajstić information content (AvgIpc) is 2.85. The first-order chi connectivity index (χ1) is 16.6. The number of hydrogen-bond donors (Lipinski definition) is 2. The normalized spacial score (nSPS) is 13.5. The Morgan fingerprint density at radius 1 is 0.941 bits per heavy atom. The third kappa shape index (κ3) is 4.80. The summed E-state index contributed by atoms with van der Waals surface area (Å²) in [6.45, 7) is 7.50. The molecule has 1 amide bonds. The number of anilines is 2. The van der Waals surface area contributed by atoms with E-state index in [4.69, 9.17) is 0 Å². The second kappa shape index (κ2) is 9.65. The average molecular weight is 451 g/mol. The molecule has 0 aliphatic carbocycles. The molecule has 34 heavy (non-hydrogen) atoms. The summed E-state index contributed by atoms with van der Waals surface area (Å²) in [5.74, 6) is -0.0452. The standard InChI is InChI=1S/C29H30N4O/c1-20-11-12-23(18-27(20)32-28-17-21(2)31-26-10-6-5-9-25(26)28)29(34)30-14-16-33-15-13-22-7-3-4-8-24(22)19-33/h3-12,17-18H,13-16,19H2,1-2H3,(H,30,34)(H,31,32). The van der Waals surface area contributed by atoms with E-state index < -0.39 is 0 Å². The zero-order chi connectivity index (χ0) is 23.5. The quantitative estimate of drug-likeness (QED) is 0.414. The van der Waals surface area contributed by atoms with Crippen molar-refractivity contribution >= 4 is 28.2 Å². The number of aryl methyl sites for hydroxylation is 2. The summed E-state index contributed by atoms with van der Waals surface area (Å²) in [5, 5.41) is 7.70. The maximum atomic E-state index is 12.9. The van der Waals surface area contributed by atoms with Gasteiger partial charge >= 0.3 is 0 Å². The number of carbonyl (C=O) groups is 1. The molecule has 5 nitrogen and oxygen atoms in total. The molecule has 0 atom stereocenters. The lowest BCUT2D eigenvalue weighted by atomic mass is 10.00. The van der Waals surface area contributed by atoms with Crippen molar-refractivity contribution in [3.05, 3.63) is 101 Å². The van der Waals surface area contributed by atoms with Crippen LogP contribution in [0.1, 0.15) is 32.7 Å². The Morgan fingerprint density at radius 2 is 1.74 bits per heavy atom. The largest absolute Gasteiger partial charge is 0.355 e. The molecule has 2 heterocycles. The SMILES string of the molecule is Cc1cc(Nc2cc(C(=O)NCCN3CCc4ccccc4C3)ccc2C)c2ccccc2n1. The fraction of sp³-hybridized carbons (Fsp3) is 0.241. The van der Waals surface area contributed by atoms with Crippen LogP contribution in [0.2, 0.25) is 0 Å². The molecule has 0 radical (unpaired) electrons. The van der Waals surface area contributed by atoms with Crippen molar-refractivity contribution in [2.45, 2.75) is 26.8 Å². The topological polar surface area (TPSA) is 57.3 Å². The number of amides is 1. The molecule has 4 aromatic rings. The van der Waals surface area contributed by atoms with Crippen molar-refractivity contribution in [2.75, 3.05) is 25.0 Å². The summed E-state index contributed by atoms with van der Waals surface area (Å²) >= 11 is 0. The Kier molecular flexibility index (Phi) is 6.28. The van der Waals surface area contributed by atoms with Crippen molar-refractivity contribution in [1.29, 1.82) is 0 Å². The second-order valence-electron chi connectivity index (χ2n) is 9.03. The van der Waals surface area contributed by atoms with Crippen LogP contribution < -0.4 is 10.6 Å². The first kappa shape index (κ1) is 22.1. The highest BCUT2D eigenvalue weighted by atomic mass is 16.1. The number of para-hydroxylation sites is 1. The maximum absolute atomic E-state index is 12.9. The van der Waals surface area contributed by atoms with Gasteiger partial charge in [-0.3, -0.25) is 14.7 Å². The molecule has 3 aromatic carbocycles. The lowest BCUT2D eigenvalue weighted by Crippen LogP contribution is -2.37. The molecule has 5 heteroatoms. The van der Waals surface area contributed by atoms with E-state index in [9.17, 15) is 4.79 Å². The van der Waals surface area contributed by atoms with Crippen LogP contribution in [0.25, 0.3) is 10.9 Å². The monoisotopic (exact) mass is 450 g/mol. The summed E-state index contributed by atoms with van der Waals surface area (Å²) in [5.41, 5.74) is 8.41. The minimum atomic E-state index is -0.0452.